The lowest BCUT2D eigenvalue weighted by molar-refractivity contribution is -0.144. The number of amides is 1. The van der Waals surface area contributed by atoms with Crippen LogP contribution >= 0.6 is 12.2 Å². The lowest BCUT2D eigenvalue weighted by Crippen LogP contribution is -2.53. The normalized spacial score (nSPS) is 16.3. The molecule has 1 atom stereocenters. The predicted octanol–water partition coefficient (Wildman–Crippen LogP) is 0.462. The van der Waals surface area contributed by atoms with Gasteiger partial charge in [0.1, 0.15) is 6.04 Å². The Kier molecular flexibility index (Phi) is 6.69. The van der Waals surface area contributed by atoms with Gasteiger partial charge in [-0.2, -0.15) is 0 Å². The van der Waals surface area contributed by atoms with Gasteiger partial charge in [0.25, 0.3) is 5.91 Å². The molecule has 1 heterocycles. The summed E-state index contributed by atoms with van der Waals surface area (Å²) in [5.41, 5.74) is 0.943. The van der Waals surface area contributed by atoms with E-state index in [0.29, 0.717) is 19.5 Å². The van der Waals surface area contributed by atoms with E-state index in [4.69, 9.17) is 17.0 Å². The summed E-state index contributed by atoms with van der Waals surface area (Å²) in [6.45, 7) is 3.14. The largest absolute Gasteiger partial charge is 0.467 e. The molecule has 1 aromatic carbocycles. The fourth-order valence-corrected chi connectivity index (χ4v) is 2.80. The summed E-state index contributed by atoms with van der Waals surface area (Å²) in [7, 11) is 3.35. The first-order chi connectivity index (χ1) is 11.5. The summed E-state index contributed by atoms with van der Waals surface area (Å²) in [4.78, 5) is 28.7. The number of esters is 1. The molecule has 1 N–H and O–H groups in total. The molecule has 6 nitrogen and oxygen atoms in total. The number of hydrogen-bond donors (Lipinski definition) is 1. The molecule has 0 spiro atoms. The number of thiocarbonyl (C=S) groups is 1. The van der Waals surface area contributed by atoms with Crippen LogP contribution < -0.4 is 5.32 Å². The van der Waals surface area contributed by atoms with Crippen LogP contribution in [-0.4, -0.2) is 73.0 Å². The first kappa shape index (κ1) is 18.4. The molecule has 7 heteroatoms. The number of nitrogens with one attached hydrogen (secondary N) is 1. The van der Waals surface area contributed by atoms with Gasteiger partial charge in [0, 0.05) is 32.6 Å². The van der Waals surface area contributed by atoms with E-state index in [1.165, 1.54) is 7.11 Å². The van der Waals surface area contributed by atoms with Gasteiger partial charge in [-0.1, -0.05) is 42.5 Å². The maximum Gasteiger partial charge on any atom is 0.328 e. The van der Waals surface area contributed by atoms with Crippen molar-refractivity contribution in [3.8, 4) is 0 Å². The average molecular weight is 349 g/mol. The van der Waals surface area contributed by atoms with E-state index in [-0.39, 0.29) is 4.99 Å². The topological polar surface area (TPSA) is 61.9 Å². The third kappa shape index (κ3) is 5.01. The first-order valence-corrected chi connectivity index (χ1v) is 8.32. The Morgan fingerprint density at radius 1 is 1.21 bits per heavy atom. The number of carbonyl (C=O) groups is 2. The third-order valence-electron chi connectivity index (χ3n) is 4.06. The maximum atomic E-state index is 12.4. The molecule has 1 aliphatic heterocycles. The highest BCUT2D eigenvalue weighted by Gasteiger charge is 2.27. The molecule has 0 saturated carbocycles. The highest BCUT2D eigenvalue weighted by molar-refractivity contribution is 7.82. The number of benzene rings is 1. The molecular formula is C17H23N3O3S. The molecule has 130 valence electrons. The zero-order valence-electron chi connectivity index (χ0n) is 14.0. The minimum atomic E-state index is -0.754. The molecule has 1 unspecified atom stereocenters. The molecule has 0 radical (unpaired) electrons. The third-order valence-corrected chi connectivity index (χ3v) is 4.50. The molecular weight excluding hydrogens is 326 g/mol. The van der Waals surface area contributed by atoms with Gasteiger partial charge in [-0.15, -0.1) is 0 Å². The Morgan fingerprint density at radius 3 is 2.42 bits per heavy atom. The first-order valence-electron chi connectivity index (χ1n) is 7.91. The standard InChI is InChI=1S/C17H23N3O3S/c1-19-8-10-20(11-9-19)16(24)15(21)18-14(17(22)23-2)12-13-6-4-3-5-7-13/h3-7,14H,8-12H2,1-2H3,(H,18,21). The van der Waals surface area contributed by atoms with Gasteiger partial charge in [-0.25, -0.2) is 4.79 Å². The molecule has 1 aromatic rings. The Balaban J connectivity index is 1.99. The van der Waals surface area contributed by atoms with Crippen LogP contribution in [0.1, 0.15) is 5.56 Å². The van der Waals surface area contributed by atoms with Crippen molar-refractivity contribution in [1.29, 1.82) is 0 Å². The lowest BCUT2D eigenvalue weighted by atomic mass is 10.1. The van der Waals surface area contributed by atoms with E-state index in [2.05, 4.69) is 10.2 Å². The second kappa shape index (κ2) is 8.75. The van der Waals surface area contributed by atoms with Crippen LogP contribution in [0, 0.1) is 0 Å². The smallest absolute Gasteiger partial charge is 0.328 e. The van der Waals surface area contributed by atoms with Crippen molar-refractivity contribution in [3.05, 3.63) is 35.9 Å². The van der Waals surface area contributed by atoms with E-state index >= 15 is 0 Å². The zero-order chi connectivity index (χ0) is 17.5. The Morgan fingerprint density at radius 2 is 1.83 bits per heavy atom. The molecule has 0 bridgehead atoms. The summed E-state index contributed by atoms with van der Waals surface area (Å²) >= 11 is 5.28. The predicted molar refractivity (Wildman–Crippen MR) is 95.8 cm³/mol. The summed E-state index contributed by atoms with van der Waals surface area (Å²) in [5.74, 6) is -0.880. The second-order valence-electron chi connectivity index (χ2n) is 5.83. The monoisotopic (exact) mass is 349 g/mol. The van der Waals surface area contributed by atoms with Crippen molar-refractivity contribution >= 4 is 29.1 Å². The number of nitrogens with zero attached hydrogens (tertiary/aromatic N) is 2. The zero-order valence-corrected chi connectivity index (χ0v) is 14.8. The highest BCUT2D eigenvalue weighted by Crippen LogP contribution is 2.06. The summed E-state index contributed by atoms with van der Waals surface area (Å²) in [6, 6.07) is 8.73. The van der Waals surface area contributed by atoms with Crippen molar-refractivity contribution < 1.29 is 14.3 Å². The number of methoxy groups -OCH3 is 1. The number of hydrogen-bond acceptors (Lipinski definition) is 5. The van der Waals surface area contributed by atoms with Gasteiger partial charge in [0.2, 0.25) is 0 Å². The van der Waals surface area contributed by atoms with Crippen molar-refractivity contribution in [2.24, 2.45) is 0 Å². The molecule has 1 amide bonds. The fourth-order valence-electron chi connectivity index (χ4n) is 2.56. The number of piperazine rings is 1. The maximum absolute atomic E-state index is 12.4. The Labute approximate surface area is 147 Å². The van der Waals surface area contributed by atoms with E-state index < -0.39 is 17.9 Å². The van der Waals surface area contributed by atoms with Gasteiger partial charge in [-0.05, 0) is 12.6 Å². The van der Waals surface area contributed by atoms with Crippen molar-refractivity contribution in [2.75, 3.05) is 40.3 Å². The molecule has 0 aromatic heterocycles. The van der Waals surface area contributed by atoms with Crippen LogP contribution in [0.3, 0.4) is 0 Å². The van der Waals surface area contributed by atoms with E-state index in [0.717, 1.165) is 18.7 Å². The van der Waals surface area contributed by atoms with Gasteiger partial charge in [0.15, 0.2) is 4.99 Å². The van der Waals surface area contributed by atoms with Crippen LogP contribution in [0.4, 0.5) is 0 Å². The highest BCUT2D eigenvalue weighted by atomic mass is 32.1. The van der Waals surface area contributed by atoms with Crippen molar-refractivity contribution in [1.82, 2.24) is 15.1 Å². The second-order valence-corrected chi connectivity index (χ2v) is 6.22. The summed E-state index contributed by atoms with van der Waals surface area (Å²) in [6.07, 6.45) is 0.366. The van der Waals surface area contributed by atoms with Gasteiger partial charge < -0.3 is 19.9 Å². The number of ether oxygens (including phenoxy) is 1. The van der Waals surface area contributed by atoms with Crippen LogP contribution in [0.25, 0.3) is 0 Å². The van der Waals surface area contributed by atoms with Crippen LogP contribution in [0.15, 0.2) is 30.3 Å². The molecule has 1 aliphatic rings. The summed E-state index contributed by atoms with van der Waals surface area (Å²) < 4.78 is 4.81. The number of likely N-dealkylation sites (N-methyl/N-ethyl adjacent to an activating group) is 1. The van der Waals surface area contributed by atoms with Crippen LogP contribution in [-0.2, 0) is 20.7 Å². The van der Waals surface area contributed by atoms with E-state index in [1.807, 2.05) is 42.3 Å². The van der Waals surface area contributed by atoms with Crippen molar-refractivity contribution in [2.45, 2.75) is 12.5 Å². The van der Waals surface area contributed by atoms with Crippen LogP contribution in [0.5, 0.6) is 0 Å². The molecule has 0 aliphatic carbocycles. The Bertz CT molecular complexity index is 586. The number of rotatable bonds is 4. The van der Waals surface area contributed by atoms with E-state index in [1.54, 1.807) is 0 Å². The molecule has 1 fully saturated rings. The van der Waals surface area contributed by atoms with Gasteiger partial charge in [-0.3, -0.25) is 4.79 Å². The lowest BCUT2D eigenvalue weighted by Gasteiger charge is -2.33. The number of carbonyl (C=O) groups excluding carboxylic acids is 2. The van der Waals surface area contributed by atoms with Crippen molar-refractivity contribution in [3.63, 3.8) is 0 Å². The van der Waals surface area contributed by atoms with Gasteiger partial charge in [0.05, 0.1) is 7.11 Å². The molecule has 24 heavy (non-hydrogen) atoms. The van der Waals surface area contributed by atoms with E-state index in [9.17, 15) is 9.59 Å². The van der Waals surface area contributed by atoms with Gasteiger partial charge >= 0.3 is 5.97 Å². The fraction of sp³-hybridized carbons (Fsp3) is 0.471. The average Bonchev–Trinajstić information content (AvgIpc) is 2.61. The molecule has 2 rings (SSSR count). The molecule has 1 saturated heterocycles. The Hall–Kier alpha value is -1.99. The summed E-state index contributed by atoms with van der Waals surface area (Å²) in [5, 5.41) is 2.71. The minimum absolute atomic E-state index is 0.227. The SMILES string of the molecule is COC(=O)C(Cc1ccccc1)NC(=O)C(=S)N1CCN(C)CC1. The van der Waals surface area contributed by atoms with Crippen LogP contribution in [0.2, 0.25) is 0 Å². The quantitative estimate of drug-likeness (QED) is 0.630. The minimum Gasteiger partial charge on any atom is -0.467 e.